The van der Waals surface area contributed by atoms with Crippen LogP contribution in [0, 0.1) is 6.20 Å². The zero-order chi connectivity index (χ0) is 16.9. The first-order valence-corrected chi connectivity index (χ1v) is 7.15. The highest BCUT2D eigenvalue weighted by molar-refractivity contribution is 5.58. The van der Waals surface area contributed by atoms with Gasteiger partial charge in [-0.3, -0.25) is 0 Å². The van der Waals surface area contributed by atoms with E-state index in [1.807, 2.05) is 12.1 Å². The van der Waals surface area contributed by atoms with E-state index in [-0.39, 0.29) is 17.4 Å². The lowest BCUT2D eigenvalue weighted by molar-refractivity contribution is 0.346. The fraction of sp³-hybridized carbons (Fsp3) is 0.111. The van der Waals surface area contributed by atoms with Crippen molar-refractivity contribution in [3.05, 3.63) is 54.7 Å². The Hall–Kier alpha value is -3.28. The number of hydrogen-bond acceptors (Lipinski definition) is 6. The predicted molar refractivity (Wildman–Crippen MR) is 87.6 cm³/mol. The molecule has 0 saturated heterocycles. The van der Waals surface area contributed by atoms with Gasteiger partial charge in [0.15, 0.2) is 17.3 Å². The third-order valence-electron chi connectivity index (χ3n) is 3.24. The molecule has 24 heavy (non-hydrogen) atoms. The van der Waals surface area contributed by atoms with Crippen LogP contribution in [0.4, 0.5) is 0 Å². The van der Waals surface area contributed by atoms with Crippen LogP contribution in [0.5, 0.6) is 28.9 Å². The van der Waals surface area contributed by atoms with Gasteiger partial charge in [-0.2, -0.15) is 4.98 Å². The number of aromatic nitrogens is 2. The van der Waals surface area contributed by atoms with Crippen molar-refractivity contribution in [3.8, 4) is 40.3 Å². The zero-order valence-corrected chi connectivity index (χ0v) is 13.2. The van der Waals surface area contributed by atoms with Crippen molar-refractivity contribution in [2.75, 3.05) is 14.2 Å². The quantitative estimate of drug-likeness (QED) is 0.775. The van der Waals surface area contributed by atoms with E-state index < -0.39 is 0 Å². The summed E-state index contributed by atoms with van der Waals surface area (Å²) in [5.74, 6) is 2.05. The highest BCUT2D eigenvalue weighted by atomic mass is 16.5. The van der Waals surface area contributed by atoms with E-state index in [0.29, 0.717) is 22.9 Å². The first-order valence-electron chi connectivity index (χ1n) is 7.15. The zero-order valence-electron chi connectivity index (χ0n) is 13.2. The van der Waals surface area contributed by atoms with Gasteiger partial charge >= 0.3 is 0 Å². The molecular formula is C18H15N2O4. The minimum Gasteiger partial charge on any atom is -0.508 e. The first kappa shape index (κ1) is 15.6. The highest BCUT2D eigenvalue weighted by Gasteiger charge is 2.14. The Morgan fingerprint density at radius 3 is 2.46 bits per heavy atom. The monoisotopic (exact) mass is 323 g/mol. The lowest BCUT2D eigenvalue weighted by Gasteiger charge is -2.12. The number of aromatic hydroxyl groups is 1. The van der Waals surface area contributed by atoms with Gasteiger partial charge in [-0.05, 0) is 24.3 Å². The van der Waals surface area contributed by atoms with Gasteiger partial charge in [-0.1, -0.05) is 24.3 Å². The van der Waals surface area contributed by atoms with Gasteiger partial charge in [0.05, 0.1) is 14.2 Å². The molecule has 0 bridgehead atoms. The lowest BCUT2D eigenvalue weighted by Crippen LogP contribution is -1.98. The molecule has 1 N–H and O–H groups in total. The summed E-state index contributed by atoms with van der Waals surface area (Å²) in [4.78, 5) is 8.47. The second kappa shape index (κ2) is 6.87. The standard InChI is InChI=1S/C18H15N2O4/c1-22-14-8-3-4-9-15(14)24-16-11-19-17(20-18(16)23-2)12-6-5-7-13(21)10-12/h3-10,21H,1-2H3. The predicted octanol–water partition coefficient (Wildman–Crippen LogP) is 3.46. The fourth-order valence-electron chi connectivity index (χ4n) is 2.12. The van der Waals surface area contributed by atoms with Crippen LogP contribution in [-0.4, -0.2) is 29.3 Å². The summed E-state index contributed by atoms with van der Waals surface area (Å²) in [7, 11) is 3.04. The van der Waals surface area contributed by atoms with Crippen molar-refractivity contribution in [1.82, 2.24) is 9.97 Å². The van der Waals surface area contributed by atoms with Crippen LogP contribution in [0.1, 0.15) is 0 Å². The molecule has 0 aliphatic rings. The molecule has 2 aromatic carbocycles. The summed E-state index contributed by atoms with van der Waals surface area (Å²) in [5, 5.41) is 9.57. The van der Waals surface area contributed by atoms with Crippen LogP contribution in [0.2, 0.25) is 0 Å². The smallest absolute Gasteiger partial charge is 0.261 e. The molecule has 1 aromatic heterocycles. The van der Waals surface area contributed by atoms with Crippen molar-refractivity contribution in [1.29, 1.82) is 0 Å². The molecular weight excluding hydrogens is 308 g/mol. The first-order chi connectivity index (χ1) is 11.7. The highest BCUT2D eigenvalue weighted by Crippen LogP contribution is 2.35. The van der Waals surface area contributed by atoms with Crippen LogP contribution in [0.15, 0.2) is 48.5 Å². The van der Waals surface area contributed by atoms with E-state index in [4.69, 9.17) is 14.2 Å². The fourth-order valence-corrected chi connectivity index (χ4v) is 2.12. The second-order valence-corrected chi connectivity index (χ2v) is 4.80. The molecule has 0 saturated carbocycles. The van der Waals surface area contributed by atoms with E-state index in [9.17, 15) is 5.11 Å². The molecule has 1 radical (unpaired) electrons. The number of methoxy groups -OCH3 is 2. The average Bonchev–Trinajstić information content (AvgIpc) is 2.62. The van der Waals surface area contributed by atoms with Crippen molar-refractivity contribution < 1.29 is 19.3 Å². The van der Waals surface area contributed by atoms with Crippen molar-refractivity contribution in [2.45, 2.75) is 0 Å². The molecule has 6 heteroatoms. The van der Waals surface area contributed by atoms with Gasteiger partial charge in [0.2, 0.25) is 5.75 Å². The number of benzene rings is 2. The molecule has 0 aliphatic carbocycles. The van der Waals surface area contributed by atoms with Crippen molar-refractivity contribution in [3.63, 3.8) is 0 Å². The number of ether oxygens (including phenoxy) is 3. The summed E-state index contributed by atoms with van der Waals surface area (Å²) in [5.41, 5.74) is 0.647. The molecule has 0 fully saturated rings. The Kier molecular flexibility index (Phi) is 4.47. The average molecular weight is 323 g/mol. The van der Waals surface area contributed by atoms with Crippen LogP contribution >= 0.6 is 0 Å². The van der Waals surface area contributed by atoms with Crippen LogP contribution in [-0.2, 0) is 0 Å². The van der Waals surface area contributed by atoms with Crippen molar-refractivity contribution >= 4 is 0 Å². The minimum absolute atomic E-state index is 0.129. The number of phenols is 1. The van der Waals surface area contributed by atoms with Gasteiger partial charge in [-0.25, -0.2) is 4.98 Å². The van der Waals surface area contributed by atoms with Crippen LogP contribution < -0.4 is 14.2 Å². The maximum atomic E-state index is 9.57. The topological polar surface area (TPSA) is 73.7 Å². The van der Waals surface area contributed by atoms with E-state index in [1.54, 1.807) is 43.5 Å². The van der Waals surface area contributed by atoms with Gasteiger partial charge in [0.25, 0.3) is 5.88 Å². The molecule has 6 nitrogen and oxygen atoms in total. The molecule has 0 amide bonds. The lowest BCUT2D eigenvalue weighted by atomic mass is 10.2. The van der Waals surface area contributed by atoms with E-state index in [0.717, 1.165) is 0 Å². The Labute approximate surface area is 139 Å². The Morgan fingerprint density at radius 1 is 0.958 bits per heavy atom. The Morgan fingerprint density at radius 2 is 1.75 bits per heavy atom. The molecule has 1 heterocycles. The minimum atomic E-state index is 0.129. The van der Waals surface area contributed by atoms with E-state index in [2.05, 4.69) is 16.2 Å². The third kappa shape index (κ3) is 3.22. The van der Waals surface area contributed by atoms with Gasteiger partial charge in [0, 0.05) is 5.56 Å². The number of para-hydroxylation sites is 2. The summed E-state index contributed by atoms with van der Waals surface area (Å²) in [6.07, 6.45) is 2.78. The second-order valence-electron chi connectivity index (χ2n) is 4.80. The van der Waals surface area contributed by atoms with Gasteiger partial charge in [0.1, 0.15) is 11.9 Å². The van der Waals surface area contributed by atoms with Crippen LogP contribution in [0.3, 0.4) is 0 Å². The number of rotatable bonds is 5. The molecule has 0 spiro atoms. The molecule has 121 valence electrons. The number of hydrogen-bond donors (Lipinski definition) is 1. The molecule has 3 rings (SSSR count). The summed E-state index contributed by atoms with van der Waals surface area (Å²) >= 11 is 0. The molecule has 0 aliphatic heterocycles. The molecule has 0 atom stereocenters. The van der Waals surface area contributed by atoms with E-state index >= 15 is 0 Å². The molecule has 0 unspecified atom stereocenters. The number of phenolic OH excluding ortho intramolecular Hbond substituents is 1. The SMILES string of the molecule is COc1ccccc1Oc1[c]nc(-c2cccc(O)c2)nc1OC. The maximum absolute atomic E-state index is 9.57. The van der Waals surface area contributed by atoms with Gasteiger partial charge < -0.3 is 19.3 Å². The normalized spacial score (nSPS) is 10.2. The number of nitrogens with zero attached hydrogens (tertiary/aromatic N) is 2. The van der Waals surface area contributed by atoms with E-state index in [1.165, 1.54) is 7.11 Å². The largest absolute Gasteiger partial charge is 0.508 e. The molecule has 3 aromatic rings. The van der Waals surface area contributed by atoms with Crippen molar-refractivity contribution in [2.24, 2.45) is 0 Å². The summed E-state index contributed by atoms with van der Waals surface area (Å²) in [6.45, 7) is 0. The maximum Gasteiger partial charge on any atom is 0.261 e. The Bertz CT molecular complexity index is 852. The van der Waals surface area contributed by atoms with Crippen LogP contribution in [0.25, 0.3) is 11.4 Å². The third-order valence-corrected chi connectivity index (χ3v) is 3.24. The van der Waals surface area contributed by atoms with Gasteiger partial charge in [-0.15, -0.1) is 0 Å². The summed E-state index contributed by atoms with van der Waals surface area (Å²) in [6, 6.07) is 13.8. The Balaban J connectivity index is 1.95. The summed E-state index contributed by atoms with van der Waals surface area (Å²) < 4.78 is 16.3.